The molecule has 2 aliphatic rings. The smallest absolute Gasteiger partial charge is 0.140 e. The van der Waals surface area contributed by atoms with E-state index in [9.17, 15) is 4.39 Å². The number of anilines is 1. The highest BCUT2D eigenvalue weighted by molar-refractivity contribution is 6.21. The van der Waals surface area contributed by atoms with Gasteiger partial charge < -0.3 is 15.8 Å². The number of ether oxygens (including phenoxy) is 1. The summed E-state index contributed by atoms with van der Waals surface area (Å²) in [6.07, 6.45) is 8.96. The molecular weight excluding hydrogens is 445 g/mol. The Morgan fingerprint density at radius 1 is 1.17 bits per heavy atom. The first-order valence-corrected chi connectivity index (χ1v) is 11.7. The third kappa shape index (κ3) is 5.58. The van der Waals surface area contributed by atoms with E-state index in [0.29, 0.717) is 25.6 Å². The van der Waals surface area contributed by atoms with Crippen molar-refractivity contribution < 1.29 is 9.13 Å². The predicted molar refractivity (Wildman–Crippen MR) is 137 cm³/mol. The number of hydrazone groups is 1. The van der Waals surface area contributed by atoms with Gasteiger partial charge in [-0.2, -0.15) is 10.2 Å². The highest BCUT2D eigenvalue weighted by Crippen LogP contribution is 2.22. The number of nitrogens with one attached hydrogen (secondary N) is 1. The molecular formula is C26H28FN7O. The first kappa shape index (κ1) is 22.8. The molecule has 0 bridgehead atoms. The van der Waals surface area contributed by atoms with Crippen molar-refractivity contribution in [2.45, 2.75) is 19.4 Å². The Kier molecular flexibility index (Phi) is 6.85. The largest absolute Gasteiger partial charge is 0.401 e. The molecule has 0 amide bonds. The number of allylic oxidation sites excluding steroid dienone is 2. The molecule has 9 heteroatoms. The number of fused-ring (bicyclic) bond motifs is 1. The van der Waals surface area contributed by atoms with E-state index in [-0.39, 0.29) is 5.82 Å². The van der Waals surface area contributed by atoms with Gasteiger partial charge in [0.05, 0.1) is 56.3 Å². The Morgan fingerprint density at radius 2 is 2.06 bits per heavy atom. The van der Waals surface area contributed by atoms with Gasteiger partial charge in [0.1, 0.15) is 11.7 Å². The van der Waals surface area contributed by atoms with Crippen LogP contribution in [0.5, 0.6) is 0 Å². The molecule has 0 atom stereocenters. The Bertz CT molecular complexity index is 1320. The van der Waals surface area contributed by atoms with Crippen LogP contribution in [0, 0.1) is 5.82 Å². The van der Waals surface area contributed by atoms with E-state index >= 15 is 0 Å². The molecule has 2 aliphatic heterocycles. The number of aliphatic imine (C=N–C) groups is 1. The second-order valence-corrected chi connectivity index (χ2v) is 8.48. The second-order valence-electron chi connectivity index (χ2n) is 8.48. The Balaban J connectivity index is 1.38. The van der Waals surface area contributed by atoms with Crippen molar-refractivity contribution in [2.24, 2.45) is 15.8 Å². The zero-order valence-corrected chi connectivity index (χ0v) is 19.4. The maximum atomic E-state index is 13.6. The fourth-order valence-electron chi connectivity index (χ4n) is 4.08. The topological polar surface area (TPSA) is 93.1 Å². The minimum Gasteiger partial charge on any atom is -0.401 e. The maximum absolute atomic E-state index is 13.6. The lowest BCUT2D eigenvalue weighted by Crippen LogP contribution is -2.32. The van der Waals surface area contributed by atoms with E-state index in [0.717, 1.165) is 59.4 Å². The number of aromatic nitrogens is 2. The number of rotatable bonds is 5. The number of hydrogen-bond donors (Lipinski definition) is 2. The van der Waals surface area contributed by atoms with Crippen LogP contribution in [0.25, 0.3) is 10.9 Å². The molecule has 0 radical (unpaired) electrons. The Labute approximate surface area is 203 Å². The molecule has 3 heterocycles. The number of halogens is 1. The predicted octanol–water partition coefficient (Wildman–Crippen LogP) is 3.87. The Hall–Kier alpha value is -3.98. The van der Waals surface area contributed by atoms with Gasteiger partial charge in [-0.3, -0.25) is 9.69 Å². The average molecular weight is 474 g/mol. The summed E-state index contributed by atoms with van der Waals surface area (Å²) in [6, 6.07) is 12.6. The lowest BCUT2D eigenvalue weighted by Gasteiger charge is -2.24. The lowest BCUT2D eigenvalue weighted by molar-refractivity contribution is 0.0397. The van der Waals surface area contributed by atoms with Gasteiger partial charge in [0.25, 0.3) is 0 Å². The molecule has 1 saturated heterocycles. The fourth-order valence-corrected chi connectivity index (χ4v) is 4.08. The fraction of sp³-hybridized carbons (Fsp3) is 0.269. The van der Waals surface area contributed by atoms with Crippen molar-refractivity contribution in [3.05, 3.63) is 83.6 Å². The number of benzene rings is 2. The number of amidine groups is 1. The van der Waals surface area contributed by atoms with E-state index in [4.69, 9.17) is 10.5 Å². The van der Waals surface area contributed by atoms with E-state index < -0.39 is 0 Å². The summed E-state index contributed by atoms with van der Waals surface area (Å²) in [5.41, 5.74) is 10.6. The summed E-state index contributed by atoms with van der Waals surface area (Å²) >= 11 is 0. The number of nitrogens with two attached hydrogens (primary N) is 1. The molecule has 0 unspecified atom stereocenters. The van der Waals surface area contributed by atoms with E-state index in [1.807, 2.05) is 46.2 Å². The van der Waals surface area contributed by atoms with Gasteiger partial charge >= 0.3 is 0 Å². The van der Waals surface area contributed by atoms with Gasteiger partial charge in [-0.25, -0.2) is 9.38 Å². The molecule has 0 aliphatic carbocycles. The summed E-state index contributed by atoms with van der Waals surface area (Å²) in [4.78, 5) is 4.62. The zero-order valence-electron chi connectivity index (χ0n) is 19.4. The third-order valence-electron chi connectivity index (χ3n) is 5.95. The Morgan fingerprint density at radius 3 is 2.91 bits per heavy atom. The normalized spacial score (nSPS) is 21.5. The highest BCUT2D eigenvalue weighted by Gasteiger charge is 2.14. The zero-order chi connectivity index (χ0) is 24.0. The summed E-state index contributed by atoms with van der Waals surface area (Å²) in [5, 5.41) is 15.5. The van der Waals surface area contributed by atoms with E-state index in [1.54, 1.807) is 18.5 Å². The second kappa shape index (κ2) is 10.5. The molecule has 35 heavy (non-hydrogen) atoms. The van der Waals surface area contributed by atoms with Crippen LogP contribution in [0.4, 0.5) is 10.1 Å². The number of nitrogens with zero attached hydrogens (tertiary/aromatic N) is 5. The molecule has 3 N–H and O–H groups in total. The van der Waals surface area contributed by atoms with Gasteiger partial charge in [-0.05, 0) is 48.7 Å². The van der Waals surface area contributed by atoms with Crippen LogP contribution in [-0.2, 0) is 11.3 Å². The minimum absolute atomic E-state index is 0.250. The molecule has 180 valence electrons. The van der Waals surface area contributed by atoms with Crippen molar-refractivity contribution in [1.29, 1.82) is 0 Å². The molecule has 0 spiro atoms. The van der Waals surface area contributed by atoms with Crippen molar-refractivity contribution >= 4 is 28.6 Å². The van der Waals surface area contributed by atoms with Crippen molar-refractivity contribution in [3.63, 3.8) is 0 Å². The molecule has 5 rings (SSSR count). The quantitative estimate of drug-likeness (QED) is 0.549. The van der Waals surface area contributed by atoms with Gasteiger partial charge in [-0.1, -0.05) is 18.2 Å². The molecule has 8 nitrogen and oxygen atoms in total. The molecule has 1 aromatic heterocycles. The third-order valence-corrected chi connectivity index (χ3v) is 5.95. The minimum atomic E-state index is -0.250. The average Bonchev–Trinajstić information content (AvgIpc) is 3.25. The summed E-state index contributed by atoms with van der Waals surface area (Å²) in [7, 11) is 0. The summed E-state index contributed by atoms with van der Waals surface area (Å²) < 4.78 is 20.8. The summed E-state index contributed by atoms with van der Waals surface area (Å²) in [6.45, 7) is 3.33. The van der Waals surface area contributed by atoms with Crippen molar-refractivity contribution in [1.82, 2.24) is 14.8 Å². The summed E-state index contributed by atoms with van der Waals surface area (Å²) in [5.74, 6) is 0.390. The van der Waals surface area contributed by atoms with Gasteiger partial charge in [0, 0.05) is 23.0 Å². The van der Waals surface area contributed by atoms with Crippen molar-refractivity contribution in [2.75, 3.05) is 31.6 Å². The monoisotopic (exact) mass is 473 g/mol. The lowest BCUT2D eigenvalue weighted by atomic mass is 10.1. The standard InChI is InChI=1S/C26H28FN7O/c27-21-5-3-4-19(14-21)18-34-25-8-7-22(15-20(25)16-31-34)32-26-23(24(28)6-1-2-9-29-26)17-30-33-10-12-35-13-11-33/h2-5,7-9,14-17H,1,6,10-13,18,28H2,(H,29,32)/b9-2-,24-23+,30-17+. The van der Waals surface area contributed by atoms with Gasteiger partial charge in [0.15, 0.2) is 0 Å². The first-order valence-electron chi connectivity index (χ1n) is 11.7. The number of hydrogen-bond acceptors (Lipinski definition) is 7. The van der Waals surface area contributed by atoms with E-state index in [1.165, 1.54) is 12.1 Å². The SMILES string of the molecule is N/C1=C(\C=N\N2CCOCC2)C(/Nc2ccc3c(cnn3Cc3cccc(F)c3)c2)=N\C=C/CC1. The maximum Gasteiger partial charge on any atom is 0.140 e. The van der Waals surface area contributed by atoms with Crippen LogP contribution in [0.2, 0.25) is 0 Å². The highest BCUT2D eigenvalue weighted by atomic mass is 19.1. The van der Waals surface area contributed by atoms with Crippen LogP contribution in [0.1, 0.15) is 18.4 Å². The first-order chi connectivity index (χ1) is 17.2. The van der Waals surface area contributed by atoms with Crippen molar-refractivity contribution in [3.8, 4) is 0 Å². The molecule has 0 saturated carbocycles. The van der Waals surface area contributed by atoms with Crippen LogP contribution in [0.3, 0.4) is 0 Å². The van der Waals surface area contributed by atoms with E-state index in [2.05, 4.69) is 20.5 Å². The van der Waals surface area contributed by atoms with Crippen LogP contribution < -0.4 is 11.1 Å². The van der Waals surface area contributed by atoms with Crippen LogP contribution in [-0.4, -0.2) is 53.1 Å². The molecule has 1 fully saturated rings. The van der Waals surface area contributed by atoms with Gasteiger partial charge in [0.2, 0.25) is 0 Å². The van der Waals surface area contributed by atoms with Gasteiger partial charge in [-0.15, -0.1) is 0 Å². The molecule has 2 aromatic carbocycles. The van der Waals surface area contributed by atoms with Crippen LogP contribution in [0.15, 0.2) is 82.3 Å². The van der Waals surface area contributed by atoms with Crippen LogP contribution >= 0.6 is 0 Å². The number of morpholine rings is 1. The molecule has 3 aromatic rings.